The van der Waals surface area contributed by atoms with Gasteiger partial charge in [-0.15, -0.1) is 35.7 Å². The van der Waals surface area contributed by atoms with E-state index in [1.165, 1.54) is 4.90 Å². The largest absolute Gasteiger partial charge is 0.377 e. The molecule has 0 spiro atoms. The van der Waals surface area contributed by atoms with Gasteiger partial charge in [-0.05, 0) is 37.7 Å². The molecular formula is C20H31IN6OS. The molecule has 0 fully saturated rings. The molecule has 3 rings (SSSR count). The third kappa shape index (κ3) is 7.78. The number of thioether (sulfide) groups is 1. The molecule has 29 heavy (non-hydrogen) atoms. The van der Waals surface area contributed by atoms with Gasteiger partial charge in [0.1, 0.15) is 12.4 Å². The van der Waals surface area contributed by atoms with Gasteiger partial charge < -0.3 is 15.4 Å². The van der Waals surface area contributed by atoms with E-state index in [0.717, 1.165) is 62.3 Å². The van der Waals surface area contributed by atoms with Gasteiger partial charge in [0.2, 0.25) is 0 Å². The van der Waals surface area contributed by atoms with Crippen LogP contribution in [-0.2, 0) is 24.3 Å². The first-order chi connectivity index (χ1) is 13.8. The fraction of sp³-hybridized carbons (Fsp3) is 0.550. The number of aromatic nitrogens is 3. The highest BCUT2D eigenvalue weighted by molar-refractivity contribution is 14.0. The maximum Gasteiger partial charge on any atom is 0.191 e. The topological polar surface area (TPSA) is 76.4 Å². The standard InChI is InChI=1S/C20H30N6OS.HI/c1-3-21-20(22-12-7-13-28-17-8-5-4-6-9-17)23-16-10-11-19-24-18(15-27-2)25-26(19)14-16;/h4-6,8-9,16H,3,7,10-15H2,1-2H3,(H2,21,22,23);1H. The number of methoxy groups -OCH3 is 1. The van der Waals surface area contributed by atoms with Crippen LogP contribution in [0.15, 0.2) is 40.2 Å². The van der Waals surface area contributed by atoms with E-state index < -0.39 is 0 Å². The molecule has 0 bridgehead atoms. The van der Waals surface area contributed by atoms with E-state index in [0.29, 0.717) is 12.6 Å². The maximum absolute atomic E-state index is 5.14. The second-order valence-electron chi connectivity index (χ2n) is 6.72. The Morgan fingerprint density at radius 1 is 1.34 bits per heavy atom. The molecule has 160 valence electrons. The summed E-state index contributed by atoms with van der Waals surface area (Å²) in [7, 11) is 1.67. The van der Waals surface area contributed by atoms with Crippen LogP contribution in [0.3, 0.4) is 0 Å². The first kappa shape index (κ1) is 23.9. The molecule has 7 nitrogen and oxygen atoms in total. The minimum Gasteiger partial charge on any atom is -0.377 e. The highest BCUT2D eigenvalue weighted by Crippen LogP contribution is 2.17. The SMILES string of the molecule is CCNC(=NCCCSc1ccccc1)NC1CCc2nc(COC)nn2C1.I. The van der Waals surface area contributed by atoms with Gasteiger partial charge in [0.15, 0.2) is 11.8 Å². The minimum atomic E-state index is 0. The Kier molecular flexibility index (Phi) is 10.8. The van der Waals surface area contributed by atoms with Gasteiger partial charge in [-0.2, -0.15) is 5.10 Å². The van der Waals surface area contributed by atoms with Gasteiger partial charge in [0.25, 0.3) is 0 Å². The van der Waals surface area contributed by atoms with Crippen molar-refractivity contribution in [3.8, 4) is 0 Å². The van der Waals surface area contributed by atoms with Gasteiger partial charge in [-0.3, -0.25) is 4.99 Å². The van der Waals surface area contributed by atoms with Crippen molar-refractivity contribution in [3.63, 3.8) is 0 Å². The van der Waals surface area contributed by atoms with Gasteiger partial charge in [-0.1, -0.05) is 18.2 Å². The third-order valence-corrected chi connectivity index (χ3v) is 5.54. The quantitative estimate of drug-likeness (QED) is 0.171. The molecule has 0 aliphatic carbocycles. The average molecular weight is 530 g/mol. The number of fused-ring (bicyclic) bond motifs is 1. The molecule has 1 atom stereocenters. The number of aliphatic imine (C=N–C) groups is 1. The number of aryl methyl sites for hydroxylation is 1. The number of guanidine groups is 1. The summed E-state index contributed by atoms with van der Waals surface area (Å²) in [6.07, 6.45) is 3.00. The van der Waals surface area contributed by atoms with E-state index in [2.05, 4.69) is 58.0 Å². The lowest BCUT2D eigenvalue weighted by molar-refractivity contribution is 0.177. The first-order valence-corrected chi connectivity index (χ1v) is 10.9. The molecule has 1 aliphatic rings. The highest BCUT2D eigenvalue weighted by atomic mass is 127. The zero-order valence-electron chi connectivity index (χ0n) is 17.1. The Bertz CT molecular complexity index is 755. The van der Waals surface area contributed by atoms with Crippen molar-refractivity contribution in [2.45, 2.75) is 50.3 Å². The van der Waals surface area contributed by atoms with Gasteiger partial charge in [0, 0.05) is 37.6 Å². The summed E-state index contributed by atoms with van der Waals surface area (Å²) >= 11 is 1.88. The van der Waals surface area contributed by atoms with Crippen molar-refractivity contribution in [1.82, 2.24) is 25.4 Å². The van der Waals surface area contributed by atoms with Crippen LogP contribution in [0.2, 0.25) is 0 Å². The lowest BCUT2D eigenvalue weighted by Gasteiger charge is -2.25. The molecule has 0 saturated heterocycles. The molecule has 2 N–H and O–H groups in total. The van der Waals surface area contributed by atoms with Crippen LogP contribution in [-0.4, -0.2) is 52.7 Å². The van der Waals surface area contributed by atoms with Crippen LogP contribution in [0.4, 0.5) is 0 Å². The average Bonchev–Trinajstić information content (AvgIpc) is 3.10. The zero-order valence-corrected chi connectivity index (χ0v) is 20.3. The Hall–Kier alpha value is -1.33. The monoisotopic (exact) mass is 530 g/mol. The normalized spacial score (nSPS) is 16.1. The number of hydrogen-bond acceptors (Lipinski definition) is 5. The number of benzene rings is 1. The van der Waals surface area contributed by atoms with Crippen LogP contribution >= 0.6 is 35.7 Å². The Morgan fingerprint density at radius 3 is 2.93 bits per heavy atom. The van der Waals surface area contributed by atoms with E-state index in [1.54, 1.807) is 7.11 Å². The lowest BCUT2D eigenvalue weighted by Crippen LogP contribution is -2.47. The van der Waals surface area contributed by atoms with Crippen molar-refractivity contribution in [1.29, 1.82) is 0 Å². The van der Waals surface area contributed by atoms with Gasteiger partial charge in [0.05, 0.1) is 6.54 Å². The van der Waals surface area contributed by atoms with Crippen LogP contribution in [0.25, 0.3) is 0 Å². The fourth-order valence-corrected chi connectivity index (χ4v) is 4.00. The molecule has 1 aromatic heterocycles. The van der Waals surface area contributed by atoms with Crippen LogP contribution < -0.4 is 10.6 Å². The van der Waals surface area contributed by atoms with E-state index in [9.17, 15) is 0 Å². The van der Waals surface area contributed by atoms with Crippen molar-refractivity contribution in [2.75, 3.05) is 26.0 Å². The van der Waals surface area contributed by atoms with Crippen LogP contribution in [0, 0.1) is 0 Å². The molecule has 9 heteroatoms. The molecule has 1 unspecified atom stereocenters. The second kappa shape index (κ2) is 13.1. The van der Waals surface area contributed by atoms with Crippen LogP contribution in [0.5, 0.6) is 0 Å². The maximum atomic E-state index is 5.14. The number of nitrogens with zero attached hydrogens (tertiary/aromatic N) is 4. The number of ether oxygens (including phenoxy) is 1. The first-order valence-electron chi connectivity index (χ1n) is 9.92. The fourth-order valence-electron chi connectivity index (χ4n) is 3.14. The Labute approximate surface area is 194 Å². The van der Waals surface area contributed by atoms with Gasteiger partial charge in [-0.25, -0.2) is 9.67 Å². The Balaban J connectivity index is 0.00000300. The number of hydrogen-bond donors (Lipinski definition) is 2. The van der Waals surface area contributed by atoms with E-state index in [4.69, 9.17) is 9.73 Å². The molecule has 0 saturated carbocycles. The van der Waals surface area contributed by atoms with E-state index >= 15 is 0 Å². The van der Waals surface area contributed by atoms with Crippen molar-refractivity contribution < 1.29 is 4.74 Å². The molecule has 1 aromatic carbocycles. The summed E-state index contributed by atoms with van der Waals surface area (Å²) < 4.78 is 7.13. The predicted octanol–water partition coefficient (Wildman–Crippen LogP) is 3.09. The van der Waals surface area contributed by atoms with Crippen molar-refractivity contribution in [3.05, 3.63) is 42.0 Å². The van der Waals surface area contributed by atoms with E-state index in [1.807, 2.05) is 16.4 Å². The minimum absolute atomic E-state index is 0. The summed E-state index contributed by atoms with van der Waals surface area (Å²) in [4.78, 5) is 10.6. The number of nitrogens with one attached hydrogen (secondary N) is 2. The summed E-state index contributed by atoms with van der Waals surface area (Å²) in [5.74, 6) is 3.76. The third-order valence-electron chi connectivity index (χ3n) is 4.44. The number of halogens is 1. The molecule has 2 heterocycles. The van der Waals surface area contributed by atoms with Crippen molar-refractivity contribution >= 4 is 41.7 Å². The number of rotatable bonds is 9. The molecule has 0 radical (unpaired) electrons. The molecule has 1 aliphatic heterocycles. The second-order valence-corrected chi connectivity index (χ2v) is 7.88. The molecular weight excluding hydrogens is 499 g/mol. The summed E-state index contributed by atoms with van der Waals surface area (Å²) in [5, 5.41) is 11.5. The summed E-state index contributed by atoms with van der Waals surface area (Å²) in [5.41, 5.74) is 0. The summed E-state index contributed by atoms with van der Waals surface area (Å²) in [6.45, 7) is 5.03. The highest BCUT2D eigenvalue weighted by Gasteiger charge is 2.22. The molecule has 2 aromatic rings. The predicted molar refractivity (Wildman–Crippen MR) is 129 cm³/mol. The smallest absolute Gasteiger partial charge is 0.191 e. The summed E-state index contributed by atoms with van der Waals surface area (Å²) in [6, 6.07) is 10.8. The Morgan fingerprint density at radius 2 is 2.17 bits per heavy atom. The molecule has 0 amide bonds. The lowest BCUT2D eigenvalue weighted by atomic mass is 10.1. The van der Waals surface area contributed by atoms with E-state index in [-0.39, 0.29) is 24.0 Å². The van der Waals surface area contributed by atoms with Crippen molar-refractivity contribution in [2.24, 2.45) is 4.99 Å². The van der Waals surface area contributed by atoms with Crippen LogP contribution in [0.1, 0.15) is 31.4 Å². The van der Waals surface area contributed by atoms with Gasteiger partial charge >= 0.3 is 0 Å². The zero-order chi connectivity index (χ0) is 19.6.